The summed E-state index contributed by atoms with van der Waals surface area (Å²) in [6.07, 6.45) is 3.39. The minimum absolute atomic E-state index is 0.132. The summed E-state index contributed by atoms with van der Waals surface area (Å²) in [7, 11) is 3.21. The van der Waals surface area contributed by atoms with Crippen LogP contribution in [0.3, 0.4) is 0 Å². The van der Waals surface area contributed by atoms with E-state index in [4.69, 9.17) is 0 Å². The van der Waals surface area contributed by atoms with E-state index < -0.39 is 0 Å². The van der Waals surface area contributed by atoms with Gasteiger partial charge < -0.3 is 15.4 Å². The largest absolute Gasteiger partial charge is 0.469 e. The number of nitrogens with zero attached hydrogens (tertiary/aromatic N) is 1. The summed E-state index contributed by atoms with van der Waals surface area (Å²) in [5, 5.41) is 10.9. The van der Waals surface area contributed by atoms with E-state index in [1.807, 2.05) is 0 Å². The third-order valence-corrected chi connectivity index (χ3v) is 4.19. The standard InChI is InChI=1S/C16H27N3O2S/c1-13(14-8-10-22-12-14)11-19-16(17-2)18-9-6-4-5-7-15(20)21-3/h8,10,12-13H,4-7,9,11H2,1-3H3,(H2,17,18,19). The highest BCUT2D eigenvalue weighted by Crippen LogP contribution is 2.16. The Morgan fingerprint density at radius 3 is 2.82 bits per heavy atom. The second-order valence-electron chi connectivity index (χ2n) is 5.22. The second kappa shape index (κ2) is 11.1. The Labute approximate surface area is 137 Å². The normalized spacial score (nSPS) is 12.8. The van der Waals surface area contributed by atoms with Crippen molar-refractivity contribution in [3.63, 3.8) is 0 Å². The maximum Gasteiger partial charge on any atom is 0.305 e. The van der Waals surface area contributed by atoms with Gasteiger partial charge in [0.25, 0.3) is 0 Å². The van der Waals surface area contributed by atoms with Gasteiger partial charge in [0.1, 0.15) is 0 Å². The molecule has 1 atom stereocenters. The summed E-state index contributed by atoms with van der Waals surface area (Å²) in [5.41, 5.74) is 1.36. The number of unbranched alkanes of at least 4 members (excludes halogenated alkanes) is 2. The smallest absolute Gasteiger partial charge is 0.305 e. The number of hydrogen-bond acceptors (Lipinski definition) is 4. The maximum absolute atomic E-state index is 11.0. The molecule has 0 radical (unpaired) electrons. The van der Waals surface area contributed by atoms with Gasteiger partial charge in [-0.25, -0.2) is 0 Å². The first kappa shape index (κ1) is 18.5. The zero-order chi connectivity index (χ0) is 16.2. The van der Waals surface area contributed by atoms with Gasteiger partial charge in [-0.2, -0.15) is 11.3 Å². The Morgan fingerprint density at radius 2 is 2.18 bits per heavy atom. The maximum atomic E-state index is 11.0. The molecule has 6 heteroatoms. The van der Waals surface area contributed by atoms with Crippen molar-refractivity contribution in [1.29, 1.82) is 0 Å². The fourth-order valence-electron chi connectivity index (χ4n) is 2.02. The van der Waals surface area contributed by atoms with Crippen LogP contribution in [0.1, 0.15) is 44.1 Å². The first-order valence-corrected chi connectivity index (χ1v) is 8.65. The molecule has 1 aromatic heterocycles. The average molecular weight is 325 g/mol. The Bertz CT molecular complexity index is 446. The van der Waals surface area contributed by atoms with Crippen molar-refractivity contribution < 1.29 is 9.53 Å². The number of carbonyl (C=O) groups excluding carboxylic acids is 1. The van der Waals surface area contributed by atoms with Crippen molar-refractivity contribution in [3.8, 4) is 0 Å². The zero-order valence-electron chi connectivity index (χ0n) is 13.7. The van der Waals surface area contributed by atoms with Crippen molar-refractivity contribution in [2.75, 3.05) is 27.2 Å². The van der Waals surface area contributed by atoms with Crippen LogP contribution in [0.25, 0.3) is 0 Å². The topological polar surface area (TPSA) is 62.7 Å². The van der Waals surface area contributed by atoms with E-state index in [-0.39, 0.29) is 5.97 Å². The molecule has 0 aliphatic rings. The molecule has 0 saturated heterocycles. The highest BCUT2D eigenvalue weighted by molar-refractivity contribution is 7.07. The van der Waals surface area contributed by atoms with Gasteiger partial charge >= 0.3 is 5.97 Å². The number of carbonyl (C=O) groups is 1. The molecule has 2 N–H and O–H groups in total. The highest BCUT2D eigenvalue weighted by Gasteiger charge is 2.06. The molecule has 0 amide bonds. The van der Waals surface area contributed by atoms with Crippen LogP contribution in [0.4, 0.5) is 0 Å². The lowest BCUT2D eigenvalue weighted by Crippen LogP contribution is -2.39. The molecule has 124 valence electrons. The summed E-state index contributed by atoms with van der Waals surface area (Å²) in [6.45, 7) is 3.92. The van der Waals surface area contributed by atoms with Crippen LogP contribution in [0.2, 0.25) is 0 Å². The van der Waals surface area contributed by atoms with Crippen LogP contribution in [-0.4, -0.2) is 39.2 Å². The molecule has 0 bridgehead atoms. The molecular weight excluding hydrogens is 298 g/mol. The number of aliphatic imine (C=N–C) groups is 1. The van der Waals surface area contributed by atoms with E-state index in [2.05, 4.69) is 44.1 Å². The van der Waals surface area contributed by atoms with Crippen LogP contribution < -0.4 is 10.6 Å². The van der Waals surface area contributed by atoms with Crippen molar-refractivity contribution in [3.05, 3.63) is 22.4 Å². The van der Waals surface area contributed by atoms with Crippen molar-refractivity contribution in [2.24, 2.45) is 4.99 Å². The van der Waals surface area contributed by atoms with Crippen molar-refractivity contribution in [1.82, 2.24) is 10.6 Å². The number of nitrogens with one attached hydrogen (secondary N) is 2. The van der Waals surface area contributed by atoms with Crippen molar-refractivity contribution >= 4 is 23.3 Å². The molecule has 22 heavy (non-hydrogen) atoms. The van der Waals surface area contributed by atoms with Crippen LogP contribution in [0.15, 0.2) is 21.8 Å². The molecule has 1 rings (SSSR count). The summed E-state index contributed by atoms with van der Waals surface area (Å²) >= 11 is 1.73. The van der Waals surface area contributed by atoms with Gasteiger partial charge in [-0.05, 0) is 41.1 Å². The number of guanidine groups is 1. The molecule has 0 aromatic carbocycles. The minimum atomic E-state index is -0.132. The molecule has 0 spiro atoms. The second-order valence-corrected chi connectivity index (χ2v) is 6.00. The van der Waals surface area contributed by atoms with Crippen LogP contribution in [-0.2, 0) is 9.53 Å². The lowest BCUT2D eigenvalue weighted by molar-refractivity contribution is -0.140. The molecule has 1 aromatic rings. The Hall–Kier alpha value is -1.56. The minimum Gasteiger partial charge on any atom is -0.469 e. The van der Waals surface area contributed by atoms with Gasteiger partial charge in [0.2, 0.25) is 0 Å². The predicted molar refractivity (Wildman–Crippen MR) is 92.6 cm³/mol. The van der Waals surface area contributed by atoms with Gasteiger partial charge in [-0.15, -0.1) is 0 Å². The summed E-state index contributed by atoms with van der Waals surface area (Å²) in [6, 6.07) is 2.16. The predicted octanol–water partition coefficient (Wildman–Crippen LogP) is 2.75. The molecule has 0 aliphatic heterocycles. The molecule has 5 nitrogen and oxygen atoms in total. The Kier molecular flexibility index (Phi) is 9.30. The number of methoxy groups -OCH3 is 1. The van der Waals surface area contributed by atoms with Crippen LogP contribution in [0, 0.1) is 0 Å². The number of rotatable bonds is 9. The Morgan fingerprint density at radius 1 is 1.36 bits per heavy atom. The summed E-state index contributed by atoms with van der Waals surface area (Å²) in [5.74, 6) is 1.16. The number of hydrogen-bond donors (Lipinski definition) is 2. The van der Waals surface area contributed by atoms with Gasteiger partial charge in [0.15, 0.2) is 5.96 Å². The first-order chi connectivity index (χ1) is 10.7. The van der Waals surface area contributed by atoms with E-state index in [0.29, 0.717) is 12.3 Å². The van der Waals surface area contributed by atoms with E-state index in [1.165, 1.54) is 12.7 Å². The van der Waals surface area contributed by atoms with Gasteiger partial charge in [0, 0.05) is 26.6 Å². The molecular formula is C16H27N3O2S. The van der Waals surface area contributed by atoms with E-state index in [9.17, 15) is 4.79 Å². The number of esters is 1. The summed E-state index contributed by atoms with van der Waals surface area (Å²) in [4.78, 5) is 15.2. The van der Waals surface area contributed by atoms with E-state index in [1.54, 1.807) is 18.4 Å². The van der Waals surface area contributed by atoms with Crippen LogP contribution >= 0.6 is 11.3 Å². The first-order valence-electron chi connectivity index (χ1n) is 7.70. The van der Waals surface area contributed by atoms with Gasteiger partial charge in [0.05, 0.1) is 7.11 Å². The molecule has 1 unspecified atom stereocenters. The average Bonchev–Trinajstić information content (AvgIpc) is 3.07. The monoisotopic (exact) mass is 325 g/mol. The fraction of sp³-hybridized carbons (Fsp3) is 0.625. The van der Waals surface area contributed by atoms with Gasteiger partial charge in [-0.1, -0.05) is 13.3 Å². The van der Waals surface area contributed by atoms with Crippen LogP contribution in [0.5, 0.6) is 0 Å². The summed E-state index contributed by atoms with van der Waals surface area (Å²) < 4.78 is 4.61. The SMILES string of the molecule is CN=C(NCCCCCC(=O)OC)NCC(C)c1ccsc1. The lowest BCUT2D eigenvalue weighted by Gasteiger charge is -2.15. The van der Waals surface area contributed by atoms with Crippen molar-refractivity contribution in [2.45, 2.75) is 38.5 Å². The number of thiophene rings is 1. The zero-order valence-corrected chi connectivity index (χ0v) is 14.5. The van der Waals surface area contributed by atoms with E-state index >= 15 is 0 Å². The van der Waals surface area contributed by atoms with E-state index in [0.717, 1.165) is 38.3 Å². The molecule has 0 aliphatic carbocycles. The molecule has 1 heterocycles. The fourth-order valence-corrected chi connectivity index (χ4v) is 2.81. The molecule has 0 saturated carbocycles. The third-order valence-electron chi connectivity index (χ3n) is 3.49. The number of ether oxygens (including phenoxy) is 1. The lowest BCUT2D eigenvalue weighted by atomic mass is 10.1. The Balaban J connectivity index is 2.11. The third kappa shape index (κ3) is 7.45. The highest BCUT2D eigenvalue weighted by atomic mass is 32.1. The quantitative estimate of drug-likeness (QED) is 0.317. The van der Waals surface area contributed by atoms with Gasteiger partial charge in [-0.3, -0.25) is 9.79 Å². The molecule has 0 fully saturated rings.